The van der Waals surface area contributed by atoms with Gasteiger partial charge in [-0.1, -0.05) is 0 Å². The van der Waals surface area contributed by atoms with Crippen LogP contribution in [0.4, 0.5) is 0 Å². The number of nitrogens with one attached hydrogen (secondary N) is 1. The number of nitrogens with zero attached hydrogens (tertiary/aromatic N) is 1. The van der Waals surface area contributed by atoms with Gasteiger partial charge in [0.2, 0.25) is 0 Å². The number of rotatable bonds is 5. The summed E-state index contributed by atoms with van der Waals surface area (Å²) in [7, 11) is 2.22. The van der Waals surface area contributed by atoms with Gasteiger partial charge in [-0.3, -0.25) is 0 Å². The molecule has 0 aliphatic carbocycles. The highest BCUT2D eigenvalue weighted by Gasteiger charge is 2.33. The van der Waals surface area contributed by atoms with Crippen molar-refractivity contribution in [2.24, 2.45) is 5.92 Å². The Balaban J connectivity index is 1.43. The quantitative estimate of drug-likeness (QED) is 0.884. The second-order valence-corrected chi connectivity index (χ2v) is 6.50. The van der Waals surface area contributed by atoms with Gasteiger partial charge in [-0.25, -0.2) is 0 Å². The second-order valence-electron chi connectivity index (χ2n) is 6.50. The molecule has 3 rings (SSSR count). The van der Waals surface area contributed by atoms with E-state index in [1.54, 1.807) is 6.26 Å². The zero-order chi connectivity index (χ0) is 13.2. The van der Waals surface area contributed by atoms with Crippen LogP contribution < -0.4 is 5.32 Å². The van der Waals surface area contributed by atoms with Crippen molar-refractivity contribution in [1.29, 1.82) is 0 Å². The minimum atomic E-state index is 0.824. The highest BCUT2D eigenvalue weighted by molar-refractivity contribution is 5.14. The second kappa shape index (κ2) is 5.68. The SMILES string of the molecule is Cc1occc1CN(C)CCC1CC2CCC(C1)N2. The van der Waals surface area contributed by atoms with Crippen LogP contribution in [-0.4, -0.2) is 30.6 Å². The molecule has 3 nitrogen and oxygen atoms in total. The Hall–Kier alpha value is -0.800. The van der Waals surface area contributed by atoms with Crippen molar-refractivity contribution < 1.29 is 4.42 Å². The van der Waals surface area contributed by atoms with Crippen LogP contribution in [0.25, 0.3) is 0 Å². The highest BCUT2D eigenvalue weighted by Crippen LogP contribution is 2.32. The van der Waals surface area contributed by atoms with E-state index in [-0.39, 0.29) is 0 Å². The molecule has 0 saturated carbocycles. The summed E-state index contributed by atoms with van der Waals surface area (Å²) in [6.07, 6.45) is 8.76. The van der Waals surface area contributed by atoms with Gasteiger partial charge in [-0.15, -0.1) is 0 Å². The molecule has 1 aromatic rings. The molecule has 2 unspecified atom stereocenters. The van der Waals surface area contributed by atoms with E-state index in [1.807, 2.05) is 6.92 Å². The maximum Gasteiger partial charge on any atom is 0.105 e. The molecule has 0 radical (unpaired) electrons. The number of furan rings is 1. The molecule has 0 aromatic carbocycles. The number of piperidine rings is 1. The van der Waals surface area contributed by atoms with Gasteiger partial charge in [0.15, 0.2) is 0 Å². The first-order chi connectivity index (χ1) is 9.20. The topological polar surface area (TPSA) is 28.4 Å². The van der Waals surface area contributed by atoms with Crippen LogP contribution >= 0.6 is 0 Å². The fourth-order valence-electron chi connectivity index (χ4n) is 3.76. The summed E-state index contributed by atoms with van der Waals surface area (Å²) in [6, 6.07) is 3.74. The molecule has 19 heavy (non-hydrogen) atoms. The van der Waals surface area contributed by atoms with Crippen molar-refractivity contribution in [3.05, 3.63) is 23.7 Å². The molecule has 2 atom stereocenters. The standard InChI is InChI=1S/C16H26N2O/c1-12-14(6-8-19-12)11-18(2)7-5-13-9-15-3-4-16(10-13)17-15/h6,8,13,15-17H,3-5,7,9-11H2,1-2H3. The van der Waals surface area contributed by atoms with Crippen LogP contribution in [0.2, 0.25) is 0 Å². The van der Waals surface area contributed by atoms with Crippen LogP contribution in [0, 0.1) is 12.8 Å². The monoisotopic (exact) mass is 262 g/mol. The van der Waals surface area contributed by atoms with Gasteiger partial charge in [0.1, 0.15) is 5.76 Å². The van der Waals surface area contributed by atoms with E-state index in [0.717, 1.165) is 30.3 Å². The first kappa shape index (κ1) is 13.2. The van der Waals surface area contributed by atoms with Gasteiger partial charge in [0, 0.05) is 24.2 Å². The molecule has 2 fully saturated rings. The summed E-state index contributed by atoms with van der Waals surface area (Å²) >= 11 is 0. The molecule has 0 spiro atoms. The van der Waals surface area contributed by atoms with Crippen molar-refractivity contribution in [2.75, 3.05) is 13.6 Å². The summed E-state index contributed by atoms with van der Waals surface area (Å²) in [6.45, 7) is 4.27. The van der Waals surface area contributed by atoms with Crippen molar-refractivity contribution in [1.82, 2.24) is 10.2 Å². The molecule has 106 valence electrons. The molecule has 3 heteroatoms. The van der Waals surface area contributed by atoms with Crippen molar-refractivity contribution >= 4 is 0 Å². The number of fused-ring (bicyclic) bond motifs is 2. The largest absolute Gasteiger partial charge is 0.469 e. The average Bonchev–Trinajstić information content (AvgIpc) is 2.94. The average molecular weight is 262 g/mol. The minimum Gasteiger partial charge on any atom is -0.469 e. The number of hydrogen-bond acceptors (Lipinski definition) is 3. The lowest BCUT2D eigenvalue weighted by atomic mass is 9.89. The lowest BCUT2D eigenvalue weighted by molar-refractivity contribution is 0.238. The first-order valence-corrected chi connectivity index (χ1v) is 7.68. The summed E-state index contributed by atoms with van der Waals surface area (Å²) in [5, 5.41) is 3.73. The fourth-order valence-corrected chi connectivity index (χ4v) is 3.76. The Bertz CT molecular complexity index is 403. The summed E-state index contributed by atoms with van der Waals surface area (Å²) < 4.78 is 5.36. The molecule has 3 heterocycles. The van der Waals surface area contributed by atoms with Gasteiger partial charge >= 0.3 is 0 Å². The van der Waals surface area contributed by atoms with Crippen LogP contribution in [0.5, 0.6) is 0 Å². The van der Waals surface area contributed by atoms with Crippen LogP contribution in [0.1, 0.15) is 43.4 Å². The smallest absolute Gasteiger partial charge is 0.105 e. The summed E-state index contributed by atoms with van der Waals surface area (Å²) in [5.41, 5.74) is 1.33. The maximum atomic E-state index is 5.36. The van der Waals surface area contributed by atoms with E-state index < -0.39 is 0 Å². The van der Waals surface area contributed by atoms with Gasteiger partial charge in [0.05, 0.1) is 6.26 Å². The lowest BCUT2D eigenvalue weighted by Gasteiger charge is -2.30. The number of aryl methyl sites for hydroxylation is 1. The molecule has 1 N–H and O–H groups in total. The first-order valence-electron chi connectivity index (χ1n) is 7.68. The van der Waals surface area contributed by atoms with Crippen LogP contribution in [-0.2, 0) is 6.54 Å². The Labute approximate surface area is 116 Å². The van der Waals surface area contributed by atoms with E-state index in [0.29, 0.717) is 0 Å². The van der Waals surface area contributed by atoms with Crippen molar-refractivity contribution in [3.8, 4) is 0 Å². The van der Waals surface area contributed by atoms with Crippen LogP contribution in [0.3, 0.4) is 0 Å². The Morgan fingerprint density at radius 3 is 2.68 bits per heavy atom. The van der Waals surface area contributed by atoms with Crippen molar-refractivity contribution in [3.63, 3.8) is 0 Å². The van der Waals surface area contributed by atoms with E-state index >= 15 is 0 Å². The predicted octanol–water partition coefficient (Wildman–Crippen LogP) is 2.94. The lowest BCUT2D eigenvalue weighted by Crippen LogP contribution is -2.38. The number of hydrogen-bond donors (Lipinski definition) is 1. The van der Waals surface area contributed by atoms with Crippen LogP contribution in [0.15, 0.2) is 16.7 Å². The minimum absolute atomic E-state index is 0.824. The third-order valence-electron chi connectivity index (χ3n) is 4.90. The van der Waals surface area contributed by atoms with Gasteiger partial charge in [0.25, 0.3) is 0 Å². The fraction of sp³-hybridized carbons (Fsp3) is 0.750. The predicted molar refractivity (Wildman–Crippen MR) is 77.1 cm³/mol. The maximum absolute atomic E-state index is 5.36. The zero-order valence-corrected chi connectivity index (χ0v) is 12.2. The molecular formula is C16H26N2O. The summed E-state index contributed by atoms with van der Waals surface area (Å²) in [4.78, 5) is 2.43. The summed E-state index contributed by atoms with van der Waals surface area (Å²) in [5.74, 6) is 2.00. The van der Waals surface area contributed by atoms with Gasteiger partial charge in [-0.05, 0) is 64.6 Å². The molecule has 2 aliphatic heterocycles. The van der Waals surface area contributed by atoms with Crippen molar-refractivity contribution in [2.45, 2.75) is 57.7 Å². The molecular weight excluding hydrogens is 236 g/mol. The molecule has 2 saturated heterocycles. The van der Waals surface area contributed by atoms with E-state index in [2.05, 4.69) is 23.3 Å². The zero-order valence-electron chi connectivity index (χ0n) is 12.2. The van der Waals surface area contributed by atoms with E-state index in [4.69, 9.17) is 4.42 Å². The Morgan fingerprint density at radius 2 is 2.05 bits per heavy atom. The Kier molecular flexibility index (Phi) is 3.94. The highest BCUT2D eigenvalue weighted by atomic mass is 16.3. The Morgan fingerprint density at radius 1 is 1.32 bits per heavy atom. The molecule has 1 aromatic heterocycles. The normalized spacial score (nSPS) is 30.2. The van der Waals surface area contributed by atoms with E-state index in [1.165, 1.54) is 44.2 Å². The van der Waals surface area contributed by atoms with E-state index in [9.17, 15) is 0 Å². The van der Waals surface area contributed by atoms with Gasteiger partial charge in [-0.2, -0.15) is 0 Å². The molecule has 0 amide bonds. The van der Waals surface area contributed by atoms with Gasteiger partial charge < -0.3 is 14.6 Å². The molecule has 2 bridgehead atoms. The third-order valence-corrected chi connectivity index (χ3v) is 4.90. The molecule has 2 aliphatic rings. The third kappa shape index (κ3) is 3.21.